The Bertz CT molecular complexity index is 1420. The third-order valence-corrected chi connectivity index (χ3v) is 7.28. The van der Waals surface area contributed by atoms with Gasteiger partial charge in [0, 0.05) is 25.2 Å². The molecular formula is C30H35N5O6. The summed E-state index contributed by atoms with van der Waals surface area (Å²) in [5.41, 5.74) is 3.55. The normalized spacial score (nSPS) is 19.5. The van der Waals surface area contributed by atoms with Crippen LogP contribution < -0.4 is 24.8 Å². The van der Waals surface area contributed by atoms with Crippen molar-refractivity contribution in [3.05, 3.63) is 71.0 Å². The van der Waals surface area contributed by atoms with E-state index in [-0.39, 0.29) is 43.3 Å². The van der Waals surface area contributed by atoms with E-state index in [1.165, 1.54) is 7.11 Å². The van der Waals surface area contributed by atoms with Gasteiger partial charge in [0.05, 0.1) is 25.4 Å². The lowest BCUT2D eigenvalue weighted by molar-refractivity contribution is -0.131. The number of hydrogen-bond donors (Lipinski definition) is 2. The van der Waals surface area contributed by atoms with E-state index in [2.05, 4.69) is 15.7 Å². The summed E-state index contributed by atoms with van der Waals surface area (Å²) in [6.45, 7) is 4.77. The minimum atomic E-state index is -0.434. The minimum absolute atomic E-state index is 0.0902. The maximum absolute atomic E-state index is 13.2. The van der Waals surface area contributed by atoms with Crippen LogP contribution in [0.25, 0.3) is 0 Å². The molecule has 0 spiro atoms. The van der Waals surface area contributed by atoms with Crippen molar-refractivity contribution in [2.24, 2.45) is 0 Å². The Morgan fingerprint density at radius 3 is 2.54 bits per heavy atom. The van der Waals surface area contributed by atoms with Gasteiger partial charge in [-0.05, 0) is 61.7 Å². The van der Waals surface area contributed by atoms with Crippen molar-refractivity contribution in [2.45, 2.75) is 51.9 Å². The van der Waals surface area contributed by atoms with E-state index in [1.807, 2.05) is 50.2 Å². The van der Waals surface area contributed by atoms with Crippen molar-refractivity contribution in [1.82, 2.24) is 25.3 Å². The Labute approximate surface area is 238 Å². The van der Waals surface area contributed by atoms with Crippen molar-refractivity contribution in [3.63, 3.8) is 0 Å². The molecule has 0 unspecified atom stereocenters. The number of carbonyl (C=O) groups is 3. The topological polar surface area (TPSA) is 124 Å². The van der Waals surface area contributed by atoms with Gasteiger partial charge in [-0.2, -0.15) is 5.10 Å². The molecule has 2 atom stereocenters. The zero-order chi connectivity index (χ0) is 28.9. The van der Waals surface area contributed by atoms with E-state index in [1.54, 1.807) is 21.7 Å². The van der Waals surface area contributed by atoms with Crippen LogP contribution in [0.1, 0.15) is 28.9 Å². The van der Waals surface area contributed by atoms with Gasteiger partial charge in [-0.25, -0.2) is 0 Å². The Hall–Kier alpha value is -4.54. The van der Waals surface area contributed by atoms with E-state index in [4.69, 9.17) is 14.2 Å². The molecule has 3 amide bonds. The average Bonchev–Trinajstić information content (AvgIpc) is 3.50. The predicted molar refractivity (Wildman–Crippen MR) is 150 cm³/mol. The lowest BCUT2D eigenvalue weighted by Gasteiger charge is -2.21. The summed E-state index contributed by atoms with van der Waals surface area (Å²) >= 11 is 0. The fourth-order valence-electron chi connectivity index (χ4n) is 5.08. The number of hydrogen-bond acceptors (Lipinski definition) is 7. The number of likely N-dealkylation sites (tertiary alicyclic amines) is 1. The molecule has 1 saturated heterocycles. The number of nitrogens with one attached hydrogen (secondary N) is 2. The van der Waals surface area contributed by atoms with Gasteiger partial charge in [0.25, 0.3) is 5.91 Å². The zero-order valence-electron chi connectivity index (χ0n) is 23.5. The monoisotopic (exact) mass is 561 g/mol. The van der Waals surface area contributed by atoms with Gasteiger partial charge in [0.1, 0.15) is 18.4 Å². The van der Waals surface area contributed by atoms with Gasteiger partial charge in [0.15, 0.2) is 18.1 Å². The first-order valence-electron chi connectivity index (χ1n) is 13.7. The Morgan fingerprint density at radius 2 is 1.80 bits per heavy atom. The number of benzene rings is 2. The first-order chi connectivity index (χ1) is 19.8. The second kappa shape index (κ2) is 12.3. The second-order valence-electron chi connectivity index (χ2n) is 10.4. The van der Waals surface area contributed by atoms with Gasteiger partial charge >= 0.3 is 0 Å². The van der Waals surface area contributed by atoms with E-state index in [0.717, 1.165) is 22.5 Å². The van der Waals surface area contributed by atoms with Crippen molar-refractivity contribution >= 4 is 17.7 Å². The van der Waals surface area contributed by atoms with E-state index in [0.29, 0.717) is 43.3 Å². The van der Waals surface area contributed by atoms with Crippen LogP contribution in [-0.4, -0.2) is 71.4 Å². The van der Waals surface area contributed by atoms with E-state index < -0.39 is 6.10 Å². The molecule has 3 aromatic rings. The third kappa shape index (κ3) is 6.97. The van der Waals surface area contributed by atoms with Crippen LogP contribution in [0.2, 0.25) is 0 Å². The number of methoxy groups -OCH3 is 1. The summed E-state index contributed by atoms with van der Waals surface area (Å²) < 4.78 is 19.1. The molecule has 41 heavy (non-hydrogen) atoms. The van der Waals surface area contributed by atoms with Crippen molar-refractivity contribution in [3.8, 4) is 17.2 Å². The Morgan fingerprint density at radius 1 is 1.02 bits per heavy atom. The molecule has 0 radical (unpaired) electrons. The number of ether oxygens (including phenoxy) is 3. The van der Waals surface area contributed by atoms with Crippen LogP contribution in [0, 0.1) is 13.8 Å². The molecule has 11 nitrogen and oxygen atoms in total. The molecule has 6 heterocycles. The summed E-state index contributed by atoms with van der Waals surface area (Å²) in [5.74, 6) is 1.06. The van der Waals surface area contributed by atoms with Crippen LogP contribution in [0.5, 0.6) is 17.2 Å². The molecule has 2 aromatic carbocycles. The molecule has 5 aliphatic rings. The average molecular weight is 562 g/mol. The standard InChI is InChI=1S/C30H35N5O6/c1-19-12-20(2)35(33-19)17-30(38)34-15-24-27(16-34)41-23-8-4-22(5-9-23)14-31-29(37)18-40-25-10-6-21(13-26(25)39-3)7-11-28(36)32-24/h4-6,8-10,12-13,24,27H,7,11,14-18H2,1-3H3,(H,31,37)(H,32,36)/t24-,27-/m0/s1. The number of aryl methyl sites for hydroxylation is 3. The SMILES string of the molecule is COc1cc2ccc1OCC(=O)NCc1ccc(cc1)O[C@H]1CN(C(=O)Cn3nc(C)cc3C)C[C@@H]1NC(=O)CC2. The zero-order valence-corrected chi connectivity index (χ0v) is 23.5. The number of carbonyl (C=O) groups excluding carboxylic acids is 3. The number of nitrogens with zero attached hydrogens (tertiary/aromatic N) is 3. The van der Waals surface area contributed by atoms with Crippen LogP contribution in [0.4, 0.5) is 0 Å². The number of amides is 3. The Kier molecular flexibility index (Phi) is 8.42. The van der Waals surface area contributed by atoms with Crippen LogP contribution in [0.3, 0.4) is 0 Å². The lowest BCUT2D eigenvalue weighted by Crippen LogP contribution is -2.45. The van der Waals surface area contributed by atoms with Gasteiger partial charge in [-0.3, -0.25) is 19.1 Å². The molecule has 0 aliphatic carbocycles. The number of rotatable bonds is 3. The highest BCUT2D eigenvalue weighted by Gasteiger charge is 2.38. The van der Waals surface area contributed by atoms with Crippen LogP contribution in [0.15, 0.2) is 48.5 Å². The van der Waals surface area contributed by atoms with E-state index >= 15 is 0 Å². The van der Waals surface area contributed by atoms with E-state index in [9.17, 15) is 14.4 Å². The fourth-order valence-corrected chi connectivity index (χ4v) is 5.08. The molecule has 1 aromatic heterocycles. The lowest BCUT2D eigenvalue weighted by atomic mass is 10.1. The summed E-state index contributed by atoms with van der Waals surface area (Å²) in [5, 5.41) is 10.4. The van der Waals surface area contributed by atoms with Crippen LogP contribution in [-0.2, 0) is 33.9 Å². The van der Waals surface area contributed by atoms with Crippen LogP contribution >= 0.6 is 0 Å². The summed E-state index contributed by atoms with van der Waals surface area (Å²) in [7, 11) is 1.53. The largest absolute Gasteiger partial charge is 0.493 e. The van der Waals surface area contributed by atoms with Crippen molar-refractivity contribution < 1.29 is 28.6 Å². The third-order valence-electron chi connectivity index (χ3n) is 7.28. The molecule has 8 rings (SSSR count). The smallest absolute Gasteiger partial charge is 0.258 e. The molecule has 0 saturated carbocycles. The highest BCUT2D eigenvalue weighted by Crippen LogP contribution is 2.29. The van der Waals surface area contributed by atoms with Crippen molar-refractivity contribution in [2.75, 3.05) is 26.8 Å². The highest BCUT2D eigenvalue weighted by atomic mass is 16.5. The Balaban J connectivity index is 1.35. The fraction of sp³-hybridized carbons (Fsp3) is 0.400. The molecule has 4 bridgehead atoms. The first-order valence-corrected chi connectivity index (χ1v) is 13.7. The predicted octanol–water partition coefficient (Wildman–Crippen LogP) is 1.92. The molecule has 5 aliphatic heterocycles. The minimum Gasteiger partial charge on any atom is -0.493 e. The molecular weight excluding hydrogens is 526 g/mol. The summed E-state index contributed by atoms with van der Waals surface area (Å²) in [4.78, 5) is 40.4. The molecule has 2 N–H and O–H groups in total. The second-order valence-corrected chi connectivity index (χ2v) is 10.4. The maximum atomic E-state index is 13.2. The van der Waals surface area contributed by atoms with Gasteiger partial charge < -0.3 is 29.7 Å². The molecule has 216 valence electrons. The summed E-state index contributed by atoms with van der Waals surface area (Å²) in [6.07, 6.45) is 0.281. The van der Waals surface area contributed by atoms with Gasteiger partial charge in [0.2, 0.25) is 11.8 Å². The van der Waals surface area contributed by atoms with Crippen molar-refractivity contribution in [1.29, 1.82) is 0 Å². The van der Waals surface area contributed by atoms with Gasteiger partial charge in [-0.15, -0.1) is 0 Å². The quantitative estimate of drug-likeness (QED) is 0.501. The maximum Gasteiger partial charge on any atom is 0.258 e. The highest BCUT2D eigenvalue weighted by molar-refractivity contribution is 5.79. The summed E-state index contributed by atoms with van der Waals surface area (Å²) in [6, 6.07) is 14.3. The number of aromatic nitrogens is 2. The molecule has 1 fully saturated rings. The first kappa shape index (κ1) is 28.0. The molecule has 11 heteroatoms. The van der Waals surface area contributed by atoms with Gasteiger partial charge in [-0.1, -0.05) is 18.2 Å².